The average Bonchev–Trinajstić information content (AvgIpc) is 1.87. The first-order valence-electron chi connectivity index (χ1n) is 3.30. The van der Waals surface area contributed by atoms with Gasteiger partial charge in [-0.2, -0.15) is 0 Å². The zero-order valence-electron chi connectivity index (χ0n) is 10.3. The number of hydrogen-bond donors (Lipinski definition) is 0. The van der Waals surface area contributed by atoms with Crippen molar-refractivity contribution >= 4 is 6.79 Å². The van der Waals surface area contributed by atoms with E-state index in [2.05, 4.69) is 46.3 Å². The van der Waals surface area contributed by atoms with Gasteiger partial charge in [0.25, 0.3) is 0 Å². The molecule has 0 amide bonds. The Kier molecular flexibility index (Phi) is 86.6. The van der Waals surface area contributed by atoms with Gasteiger partial charge in [-0.25, -0.2) is 0 Å². The fraction of sp³-hybridized carbons (Fsp3) is 0.583. The van der Waals surface area contributed by atoms with Crippen LogP contribution < -0.4 is 0 Å². The standard InChI is InChI=1S/C8H14.CHO.CH4.2CH3.2Y/c1-5-6-7-8(2,3)4;1-2;;;;;/h5H2,1-4H3;1H;1H4;2*1H3;;/q;-1;;2*-1;;. The molecule has 0 saturated carbocycles. The van der Waals surface area contributed by atoms with E-state index in [1.54, 1.807) is 0 Å². The summed E-state index contributed by atoms with van der Waals surface area (Å²) >= 11 is 0. The van der Waals surface area contributed by atoms with Crippen molar-refractivity contribution in [2.75, 3.05) is 0 Å². The molecule has 0 aliphatic heterocycles. The van der Waals surface area contributed by atoms with Crippen LogP contribution in [0.5, 0.6) is 0 Å². The fourth-order valence-electron chi connectivity index (χ4n) is 0.354. The van der Waals surface area contributed by atoms with Crippen molar-refractivity contribution in [1.82, 2.24) is 0 Å². The van der Waals surface area contributed by atoms with Crippen LogP contribution in [0.15, 0.2) is 0 Å². The van der Waals surface area contributed by atoms with Crippen LogP contribution in [-0.2, 0) is 70.2 Å². The van der Waals surface area contributed by atoms with E-state index in [0.717, 1.165) is 6.42 Å². The molecule has 0 aromatic heterocycles. The zero-order valence-corrected chi connectivity index (χ0v) is 16.0. The van der Waals surface area contributed by atoms with Crippen molar-refractivity contribution in [2.45, 2.75) is 41.5 Å². The maximum atomic E-state index is 7.75. The third-order valence-corrected chi connectivity index (χ3v) is 0.640. The molecule has 0 aliphatic carbocycles. The summed E-state index contributed by atoms with van der Waals surface area (Å²) in [7, 11) is 0. The minimum atomic E-state index is 0. The van der Waals surface area contributed by atoms with Gasteiger partial charge in [-0.3, -0.25) is 6.79 Å². The molecule has 0 saturated heterocycles. The van der Waals surface area contributed by atoms with Crippen molar-refractivity contribution < 1.29 is 70.2 Å². The summed E-state index contributed by atoms with van der Waals surface area (Å²) in [5, 5.41) is 0. The van der Waals surface area contributed by atoms with Gasteiger partial charge in [0.05, 0.1) is 0 Å². The van der Waals surface area contributed by atoms with Crippen LogP contribution in [0, 0.1) is 32.1 Å². The molecular formula is C12H25OY2-3. The molecule has 0 N–H and O–H groups in total. The molecule has 0 aromatic carbocycles. The molecule has 0 bridgehead atoms. The Morgan fingerprint density at radius 1 is 1.07 bits per heavy atom. The molecule has 0 aromatic rings. The Balaban J connectivity index is -0.0000000172. The fourth-order valence-corrected chi connectivity index (χ4v) is 0.354. The van der Waals surface area contributed by atoms with Gasteiger partial charge in [-0.15, -0.1) is 5.92 Å². The van der Waals surface area contributed by atoms with Gasteiger partial charge in [0.1, 0.15) is 0 Å². The molecule has 0 aliphatic rings. The molecule has 0 fully saturated rings. The average molecular weight is 363 g/mol. The summed E-state index contributed by atoms with van der Waals surface area (Å²) in [4.78, 5) is 7.75. The first kappa shape index (κ1) is 44.0. The molecule has 2 radical (unpaired) electrons. The zero-order chi connectivity index (χ0) is 8.62. The quantitative estimate of drug-likeness (QED) is 0.364. The van der Waals surface area contributed by atoms with Crippen LogP contribution in [0.25, 0.3) is 0 Å². The second-order valence-corrected chi connectivity index (χ2v) is 2.91. The van der Waals surface area contributed by atoms with E-state index in [0.29, 0.717) is 0 Å². The van der Waals surface area contributed by atoms with Gasteiger partial charge in [0.15, 0.2) is 0 Å². The number of carbonyl (C=O) groups excluding carboxylic acids is 1. The third kappa shape index (κ3) is 67.3. The minimum absolute atomic E-state index is 0. The SMILES string of the molecule is C.CCC#CC(C)(C)C.[CH-]=O.[CH3-].[CH3-].[Y].[Y]. The van der Waals surface area contributed by atoms with Gasteiger partial charge >= 0.3 is 0 Å². The minimum Gasteiger partial charge on any atom is -0.545 e. The predicted octanol–water partition coefficient (Wildman–Crippen LogP) is 3.70. The van der Waals surface area contributed by atoms with Crippen LogP contribution in [0.2, 0.25) is 0 Å². The van der Waals surface area contributed by atoms with Gasteiger partial charge < -0.3 is 19.6 Å². The Labute approximate surface area is 149 Å². The Morgan fingerprint density at radius 3 is 1.40 bits per heavy atom. The molecule has 0 spiro atoms. The summed E-state index contributed by atoms with van der Waals surface area (Å²) in [6, 6.07) is 0. The summed E-state index contributed by atoms with van der Waals surface area (Å²) in [5.41, 5.74) is 0.190. The van der Waals surface area contributed by atoms with Crippen LogP contribution in [0.4, 0.5) is 0 Å². The van der Waals surface area contributed by atoms with E-state index < -0.39 is 0 Å². The van der Waals surface area contributed by atoms with Gasteiger partial charge in [0, 0.05) is 77.3 Å². The van der Waals surface area contributed by atoms with Crippen molar-refractivity contribution in [2.24, 2.45) is 5.41 Å². The van der Waals surface area contributed by atoms with Crippen molar-refractivity contribution in [3.8, 4) is 11.8 Å². The maximum Gasteiger partial charge on any atom is 0.0230 e. The van der Waals surface area contributed by atoms with Crippen molar-refractivity contribution in [3.63, 3.8) is 0 Å². The number of hydrogen-bond acceptors (Lipinski definition) is 1. The summed E-state index contributed by atoms with van der Waals surface area (Å²) in [6.07, 6.45) is 0.970. The summed E-state index contributed by atoms with van der Waals surface area (Å²) in [6.45, 7) is 11.7. The number of rotatable bonds is 0. The van der Waals surface area contributed by atoms with E-state index in [1.165, 1.54) is 0 Å². The Bertz CT molecular complexity index is 129. The van der Waals surface area contributed by atoms with Crippen LogP contribution >= 0.6 is 0 Å². The second kappa shape index (κ2) is 29.5. The van der Waals surface area contributed by atoms with Gasteiger partial charge in [-0.1, -0.05) is 20.3 Å². The molecular weight excluding hydrogens is 338 g/mol. The molecule has 0 atom stereocenters. The molecule has 0 rings (SSSR count). The third-order valence-electron chi connectivity index (χ3n) is 0.640. The van der Waals surface area contributed by atoms with E-state index in [4.69, 9.17) is 4.79 Å². The van der Waals surface area contributed by atoms with Crippen molar-refractivity contribution in [3.05, 3.63) is 14.9 Å². The molecule has 3 heteroatoms. The van der Waals surface area contributed by atoms with Gasteiger partial charge in [-0.05, 0) is 20.8 Å². The van der Waals surface area contributed by atoms with E-state index in [9.17, 15) is 0 Å². The second-order valence-electron chi connectivity index (χ2n) is 2.91. The molecule has 0 unspecified atom stereocenters. The normalized spacial score (nSPS) is 5.60. The molecule has 0 heterocycles. The first-order valence-corrected chi connectivity index (χ1v) is 3.30. The molecule has 15 heavy (non-hydrogen) atoms. The predicted molar refractivity (Wildman–Crippen MR) is 63.8 cm³/mol. The first-order chi connectivity index (χ1) is 4.56. The Morgan fingerprint density at radius 2 is 1.33 bits per heavy atom. The summed E-state index contributed by atoms with van der Waals surface area (Å²) in [5.74, 6) is 6.16. The van der Waals surface area contributed by atoms with Crippen LogP contribution in [0.3, 0.4) is 0 Å². The molecule has 88 valence electrons. The van der Waals surface area contributed by atoms with Gasteiger partial charge in [0.2, 0.25) is 0 Å². The largest absolute Gasteiger partial charge is 0.545 e. The van der Waals surface area contributed by atoms with Crippen LogP contribution in [-0.4, -0.2) is 6.79 Å². The maximum absolute atomic E-state index is 7.75. The monoisotopic (exact) mass is 363 g/mol. The Hall–Kier alpha value is 1.44. The topological polar surface area (TPSA) is 17.1 Å². The van der Waals surface area contributed by atoms with Crippen LogP contribution in [0.1, 0.15) is 41.5 Å². The summed E-state index contributed by atoms with van der Waals surface area (Å²) < 4.78 is 0. The van der Waals surface area contributed by atoms with E-state index in [-0.39, 0.29) is 93.1 Å². The molecule has 1 nitrogen and oxygen atoms in total. The smallest absolute Gasteiger partial charge is 0.0230 e. The van der Waals surface area contributed by atoms with Crippen molar-refractivity contribution in [1.29, 1.82) is 0 Å². The van der Waals surface area contributed by atoms with E-state index in [1.807, 2.05) is 0 Å². The van der Waals surface area contributed by atoms with E-state index >= 15 is 0 Å².